The monoisotopic (exact) mass is 640 g/mol. The molecule has 2 aliphatic rings. The number of halogens is 4. The Hall–Kier alpha value is -3.67. The van der Waals surface area contributed by atoms with Crippen molar-refractivity contribution in [3.63, 3.8) is 0 Å². The highest BCUT2D eigenvalue weighted by atomic mass is 32.2. The minimum Gasteiger partial charge on any atom is -0.242 e. The molecule has 0 fully saturated rings. The molecule has 0 atom stereocenters. The minimum absolute atomic E-state index is 0.000737. The molecule has 0 spiro atoms. The van der Waals surface area contributed by atoms with Gasteiger partial charge in [0.05, 0.1) is 32.9 Å². The highest BCUT2D eigenvalue weighted by molar-refractivity contribution is 7.89. The van der Waals surface area contributed by atoms with Crippen molar-refractivity contribution in [3.05, 3.63) is 126 Å². The average molecular weight is 641 g/mol. The van der Waals surface area contributed by atoms with Crippen LogP contribution in [0.1, 0.15) is 56.5 Å². The lowest BCUT2D eigenvalue weighted by Gasteiger charge is -2.13. The molecule has 0 radical (unpaired) electrons. The van der Waals surface area contributed by atoms with Gasteiger partial charge in [-0.3, -0.25) is 0 Å². The van der Waals surface area contributed by atoms with Crippen molar-refractivity contribution in [2.45, 2.75) is 38.2 Å². The van der Waals surface area contributed by atoms with Crippen LogP contribution >= 0.6 is 22.7 Å². The zero-order valence-electron chi connectivity index (χ0n) is 23.0. The fraction of sp³-hybridized carbons (Fsp3) is 0.188. The second kappa shape index (κ2) is 11.4. The molecule has 2 heterocycles. The van der Waals surface area contributed by atoms with Crippen molar-refractivity contribution in [1.29, 1.82) is 0 Å². The minimum atomic E-state index is -4.21. The van der Waals surface area contributed by atoms with Crippen LogP contribution in [-0.2, 0) is 21.3 Å². The van der Waals surface area contributed by atoms with Gasteiger partial charge in [0, 0.05) is 44.2 Å². The highest BCUT2D eigenvalue weighted by Gasteiger charge is 2.26. The fourth-order valence-electron chi connectivity index (χ4n) is 5.33. The molecule has 0 unspecified atom stereocenters. The lowest BCUT2D eigenvalue weighted by Crippen LogP contribution is -2.12. The summed E-state index contributed by atoms with van der Waals surface area (Å²) in [6, 6.07) is 3.66. The van der Waals surface area contributed by atoms with E-state index in [2.05, 4.69) is 9.97 Å². The lowest BCUT2D eigenvalue weighted by atomic mass is 9.97. The maximum atomic E-state index is 15.3. The van der Waals surface area contributed by atoms with Gasteiger partial charge < -0.3 is 0 Å². The number of allylic oxidation sites excluding steroid dienone is 8. The molecule has 43 heavy (non-hydrogen) atoms. The van der Waals surface area contributed by atoms with E-state index in [1.807, 2.05) is 36.8 Å². The molecule has 4 aromatic rings. The van der Waals surface area contributed by atoms with Gasteiger partial charge in [0.1, 0.15) is 23.3 Å². The lowest BCUT2D eigenvalue weighted by molar-refractivity contribution is 0.570. The van der Waals surface area contributed by atoms with Crippen molar-refractivity contribution < 1.29 is 26.0 Å². The smallest absolute Gasteiger partial charge is 0.158 e. The van der Waals surface area contributed by atoms with E-state index >= 15 is 17.6 Å². The molecule has 6 rings (SSSR count). The van der Waals surface area contributed by atoms with Crippen LogP contribution in [0.25, 0.3) is 22.3 Å². The van der Waals surface area contributed by atoms with Gasteiger partial charge in [0.15, 0.2) is 9.84 Å². The van der Waals surface area contributed by atoms with E-state index in [0.29, 0.717) is 46.5 Å². The third kappa shape index (κ3) is 5.93. The van der Waals surface area contributed by atoms with Crippen molar-refractivity contribution in [1.82, 2.24) is 9.97 Å². The van der Waals surface area contributed by atoms with E-state index in [4.69, 9.17) is 0 Å². The third-order valence-corrected chi connectivity index (χ3v) is 10.3. The first-order valence-electron chi connectivity index (χ1n) is 13.3. The summed E-state index contributed by atoms with van der Waals surface area (Å²) >= 11 is 2.89. The zero-order chi connectivity index (χ0) is 30.5. The molecule has 0 saturated carbocycles. The fourth-order valence-corrected chi connectivity index (χ4v) is 8.05. The van der Waals surface area contributed by atoms with Crippen molar-refractivity contribution in [3.8, 4) is 0 Å². The summed E-state index contributed by atoms with van der Waals surface area (Å²) in [4.78, 5) is 8.87. The number of rotatable bonds is 8. The van der Waals surface area contributed by atoms with Crippen LogP contribution in [0, 0.1) is 37.1 Å². The molecule has 0 aliphatic heterocycles. The Bertz CT molecular complexity index is 1880. The number of thiazole rings is 2. The molecule has 4 nitrogen and oxygen atoms in total. The van der Waals surface area contributed by atoms with Crippen molar-refractivity contribution in [2.75, 3.05) is 0 Å². The van der Waals surface area contributed by atoms with Gasteiger partial charge in [-0.2, -0.15) is 0 Å². The molecule has 0 amide bonds. The van der Waals surface area contributed by atoms with Crippen LogP contribution in [0.15, 0.2) is 59.3 Å². The molecule has 2 aliphatic carbocycles. The van der Waals surface area contributed by atoms with Crippen LogP contribution < -0.4 is 0 Å². The Morgan fingerprint density at radius 3 is 1.40 bits per heavy atom. The average Bonchev–Trinajstić information content (AvgIpc) is 3.75. The zero-order valence-corrected chi connectivity index (χ0v) is 25.5. The third-order valence-electron chi connectivity index (χ3n) is 7.26. The second-order valence-corrected chi connectivity index (χ2v) is 14.5. The van der Waals surface area contributed by atoms with Crippen molar-refractivity contribution >= 4 is 54.8 Å². The predicted molar refractivity (Wildman–Crippen MR) is 164 cm³/mol. The first-order chi connectivity index (χ1) is 20.5. The van der Waals surface area contributed by atoms with E-state index in [-0.39, 0.29) is 11.1 Å². The first kappa shape index (κ1) is 29.4. The van der Waals surface area contributed by atoms with E-state index in [0.717, 1.165) is 34.3 Å². The normalized spacial score (nSPS) is 15.0. The van der Waals surface area contributed by atoms with Gasteiger partial charge in [0.25, 0.3) is 0 Å². The largest absolute Gasteiger partial charge is 0.242 e. The Morgan fingerprint density at radius 1 is 0.628 bits per heavy atom. The summed E-state index contributed by atoms with van der Waals surface area (Å²) in [5, 5.41) is 5.35. The van der Waals surface area contributed by atoms with Crippen LogP contribution in [0.3, 0.4) is 0 Å². The summed E-state index contributed by atoms with van der Waals surface area (Å²) < 4.78 is 87.0. The molecule has 2 aromatic carbocycles. The van der Waals surface area contributed by atoms with Crippen LogP contribution in [0.4, 0.5) is 17.6 Å². The molecule has 11 heteroatoms. The van der Waals surface area contributed by atoms with E-state index in [9.17, 15) is 8.42 Å². The van der Waals surface area contributed by atoms with Gasteiger partial charge in [-0.15, -0.1) is 22.7 Å². The summed E-state index contributed by atoms with van der Waals surface area (Å²) in [7, 11) is -4.21. The number of nitrogens with zero attached hydrogens (tertiary/aromatic N) is 2. The number of hydrogen-bond donors (Lipinski definition) is 0. The second-order valence-electron chi connectivity index (χ2n) is 10.3. The highest BCUT2D eigenvalue weighted by Crippen LogP contribution is 2.40. The Kier molecular flexibility index (Phi) is 7.82. The van der Waals surface area contributed by atoms with Crippen molar-refractivity contribution in [2.24, 2.45) is 0 Å². The van der Waals surface area contributed by atoms with Gasteiger partial charge in [-0.05, 0) is 62.1 Å². The summed E-state index contributed by atoms with van der Waals surface area (Å²) in [6.07, 6.45) is 8.32. The maximum Gasteiger partial charge on any atom is 0.158 e. The van der Waals surface area contributed by atoms with Crippen LogP contribution in [-0.4, -0.2) is 18.4 Å². The molecular weight excluding hydrogens is 617 g/mol. The SMILES string of the molecule is Cc1nc(C2=CCC=C2c2cc(F)c(CS(=O)(=O)Cc3cc(F)c(C4=CCC=C4c4csc(C)n4)cc3F)cc2F)cs1. The number of sulfone groups is 1. The molecule has 220 valence electrons. The summed E-state index contributed by atoms with van der Waals surface area (Å²) in [5.74, 6) is -5.16. The quantitative estimate of drug-likeness (QED) is 0.181. The molecule has 0 bridgehead atoms. The first-order valence-corrected chi connectivity index (χ1v) is 16.9. The number of aryl methyl sites for hydroxylation is 2. The number of aromatic nitrogens is 2. The van der Waals surface area contributed by atoms with Gasteiger partial charge in [-0.1, -0.05) is 24.3 Å². The maximum absolute atomic E-state index is 15.3. The van der Waals surface area contributed by atoms with E-state index < -0.39 is 55.7 Å². The predicted octanol–water partition coefficient (Wildman–Crippen LogP) is 8.63. The molecule has 0 saturated heterocycles. The summed E-state index contributed by atoms with van der Waals surface area (Å²) in [5.41, 5.74) is 2.86. The Morgan fingerprint density at radius 2 is 1.02 bits per heavy atom. The molecular formula is C32H24F4N2O2S3. The standard InChI is InChI=1S/C32H24F4N2O2S3/c1-17-37-31(13-41-17)23-7-3-5-21(23)25-11-27(33)19(9-29(25)35)15-43(39,40)16-20-10-30(36)26(12-28(20)34)22-6-4-8-24(22)32-14-42-18(2)38-32/h5-14H,3-4,15-16H2,1-2H3. The van der Waals surface area contributed by atoms with E-state index in [1.165, 1.54) is 22.7 Å². The molecule has 2 aromatic heterocycles. The number of hydrogen-bond acceptors (Lipinski definition) is 6. The van der Waals surface area contributed by atoms with Gasteiger partial charge in [0.2, 0.25) is 0 Å². The van der Waals surface area contributed by atoms with Gasteiger partial charge in [-0.25, -0.2) is 35.9 Å². The van der Waals surface area contributed by atoms with Crippen LogP contribution in [0.2, 0.25) is 0 Å². The van der Waals surface area contributed by atoms with Gasteiger partial charge >= 0.3 is 0 Å². The van der Waals surface area contributed by atoms with E-state index in [1.54, 1.807) is 12.2 Å². The van der Waals surface area contributed by atoms with Crippen LogP contribution in [0.5, 0.6) is 0 Å². The Labute approximate surface area is 254 Å². The molecule has 0 N–H and O–H groups in total. The Balaban J connectivity index is 1.22. The topological polar surface area (TPSA) is 59.9 Å². The number of benzene rings is 2. The summed E-state index contributed by atoms with van der Waals surface area (Å²) in [6.45, 7) is 3.70.